The standard InChI is InChI=1S/C18H12BrCl2NO2/c1-10-14(9-17(24-10)11-2-4-12(19)5-3-11)18(23)22-16-8-13(20)6-7-15(16)21/h2-9H,1H3,(H,22,23). The largest absolute Gasteiger partial charge is 0.461 e. The number of anilines is 1. The van der Waals surface area contributed by atoms with Crippen molar-refractivity contribution in [3.63, 3.8) is 0 Å². The Hall–Kier alpha value is -1.75. The Morgan fingerprint density at radius 3 is 2.50 bits per heavy atom. The fraction of sp³-hybridized carbons (Fsp3) is 0.0556. The highest BCUT2D eigenvalue weighted by Crippen LogP contribution is 2.29. The van der Waals surface area contributed by atoms with Crippen LogP contribution in [-0.2, 0) is 0 Å². The summed E-state index contributed by atoms with van der Waals surface area (Å²) in [4.78, 5) is 12.5. The quantitative estimate of drug-likeness (QED) is 0.516. The molecule has 0 aliphatic heterocycles. The van der Waals surface area contributed by atoms with Crippen LogP contribution in [-0.4, -0.2) is 5.91 Å². The van der Waals surface area contributed by atoms with Crippen molar-refractivity contribution in [3.8, 4) is 11.3 Å². The van der Waals surface area contributed by atoms with E-state index in [1.54, 1.807) is 31.2 Å². The molecule has 1 N–H and O–H groups in total. The molecule has 6 heteroatoms. The predicted molar refractivity (Wildman–Crippen MR) is 101 cm³/mol. The summed E-state index contributed by atoms with van der Waals surface area (Å²) in [6, 6.07) is 14.3. The van der Waals surface area contributed by atoms with Crippen LogP contribution in [0, 0.1) is 6.92 Å². The second kappa shape index (κ2) is 7.01. The summed E-state index contributed by atoms with van der Waals surface area (Å²) in [5.74, 6) is 0.856. The summed E-state index contributed by atoms with van der Waals surface area (Å²) in [7, 11) is 0. The number of hydrogen-bond donors (Lipinski definition) is 1. The summed E-state index contributed by atoms with van der Waals surface area (Å²) in [5.41, 5.74) is 1.80. The van der Waals surface area contributed by atoms with E-state index < -0.39 is 0 Å². The zero-order valence-corrected chi connectivity index (χ0v) is 15.7. The van der Waals surface area contributed by atoms with Gasteiger partial charge >= 0.3 is 0 Å². The molecule has 0 radical (unpaired) electrons. The fourth-order valence-corrected chi connectivity index (χ4v) is 2.85. The van der Waals surface area contributed by atoms with E-state index in [0.29, 0.717) is 32.8 Å². The third-order valence-electron chi connectivity index (χ3n) is 3.47. The summed E-state index contributed by atoms with van der Waals surface area (Å²) in [6.07, 6.45) is 0. The van der Waals surface area contributed by atoms with Crippen molar-refractivity contribution in [3.05, 3.63) is 74.4 Å². The first kappa shape index (κ1) is 17.1. The average Bonchev–Trinajstić information content (AvgIpc) is 2.93. The van der Waals surface area contributed by atoms with Gasteiger partial charge in [0, 0.05) is 15.1 Å². The maximum Gasteiger partial charge on any atom is 0.259 e. The molecule has 1 aromatic heterocycles. The predicted octanol–water partition coefficient (Wildman–Crippen LogP) is 6.58. The van der Waals surface area contributed by atoms with Gasteiger partial charge < -0.3 is 9.73 Å². The number of furan rings is 1. The van der Waals surface area contributed by atoms with Crippen LogP contribution in [0.25, 0.3) is 11.3 Å². The number of rotatable bonds is 3. The van der Waals surface area contributed by atoms with Crippen LogP contribution < -0.4 is 5.32 Å². The Morgan fingerprint density at radius 1 is 1.08 bits per heavy atom. The van der Waals surface area contributed by atoms with Crippen molar-refractivity contribution in [1.82, 2.24) is 0 Å². The molecule has 0 fully saturated rings. The molecule has 0 aliphatic carbocycles. The maximum atomic E-state index is 12.5. The van der Waals surface area contributed by atoms with Crippen LogP contribution >= 0.6 is 39.1 Å². The third kappa shape index (κ3) is 3.66. The first-order valence-corrected chi connectivity index (χ1v) is 8.61. The number of benzene rings is 2. The Morgan fingerprint density at radius 2 is 1.79 bits per heavy atom. The van der Waals surface area contributed by atoms with Crippen LogP contribution in [0.5, 0.6) is 0 Å². The third-order valence-corrected chi connectivity index (χ3v) is 4.56. The van der Waals surface area contributed by atoms with E-state index >= 15 is 0 Å². The Balaban J connectivity index is 1.88. The van der Waals surface area contributed by atoms with Crippen molar-refractivity contribution in [2.75, 3.05) is 5.32 Å². The lowest BCUT2D eigenvalue weighted by Crippen LogP contribution is -2.12. The lowest BCUT2D eigenvalue weighted by atomic mass is 10.1. The summed E-state index contributed by atoms with van der Waals surface area (Å²) in [6.45, 7) is 1.75. The second-order valence-corrected chi connectivity index (χ2v) is 6.93. The van der Waals surface area contributed by atoms with Gasteiger partial charge in [-0.2, -0.15) is 0 Å². The molecule has 1 amide bonds. The SMILES string of the molecule is Cc1oc(-c2ccc(Br)cc2)cc1C(=O)Nc1cc(Cl)ccc1Cl. The molecule has 3 rings (SSSR count). The minimum absolute atomic E-state index is 0.302. The fourth-order valence-electron chi connectivity index (χ4n) is 2.25. The zero-order chi connectivity index (χ0) is 17.3. The van der Waals surface area contributed by atoms with E-state index in [1.165, 1.54) is 0 Å². The van der Waals surface area contributed by atoms with Crippen LogP contribution in [0.15, 0.2) is 57.4 Å². The number of carbonyl (C=O) groups is 1. The molecule has 0 saturated heterocycles. The Labute approximate surface area is 157 Å². The van der Waals surface area contributed by atoms with Crippen LogP contribution in [0.1, 0.15) is 16.1 Å². The van der Waals surface area contributed by atoms with Gasteiger partial charge in [-0.05, 0) is 43.3 Å². The average molecular weight is 425 g/mol. The van der Waals surface area contributed by atoms with E-state index in [0.717, 1.165) is 10.0 Å². The smallest absolute Gasteiger partial charge is 0.259 e. The van der Waals surface area contributed by atoms with Gasteiger partial charge in [0.05, 0.1) is 16.3 Å². The second-order valence-electron chi connectivity index (χ2n) is 5.17. The highest BCUT2D eigenvalue weighted by molar-refractivity contribution is 9.10. The van der Waals surface area contributed by atoms with Crippen LogP contribution in [0.4, 0.5) is 5.69 Å². The highest BCUT2D eigenvalue weighted by Gasteiger charge is 2.17. The van der Waals surface area contributed by atoms with Crippen molar-refractivity contribution in [2.45, 2.75) is 6.92 Å². The maximum absolute atomic E-state index is 12.5. The lowest BCUT2D eigenvalue weighted by molar-refractivity contribution is 0.102. The van der Waals surface area contributed by atoms with Crippen molar-refractivity contribution in [1.29, 1.82) is 0 Å². The molecular weight excluding hydrogens is 413 g/mol. The van der Waals surface area contributed by atoms with Gasteiger partial charge in [0.25, 0.3) is 5.91 Å². The summed E-state index contributed by atoms with van der Waals surface area (Å²) >= 11 is 15.4. The normalized spacial score (nSPS) is 10.7. The Bertz CT molecular complexity index is 904. The van der Waals surface area contributed by atoms with E-state index in [9.17, 15) is 4.79 Å². The van der Waals surface area contributed by atoms with Crippen LogP contribution in [0.2, 0.25) is 10.0 Å². The lowest BCUT2D eigenvalue weighted by Gasteiger charge is -2.06. The van der Waals surface area contributed by atoms with Gasteiger partial charge in [-0.1, -0.05) is 51.3 Å². The topological polar surface area (TPSA) is 42.2 Å². The molecule has 24 heavy (non-hydrogen) atoms. The first-order valence-electron chi connectivity index (χ1n) is 7.07. The number of carbonyl (C=O) groups excluding carboxylic acids is 1. The van der Waals surface area contributed by atoms with Gasteiger partial charge in [0.1, 0.15) is 11.5 Å². The van der Waals surface area contributed by atoms with Gasteiger partial charge in [-0.3, -0.25) is 4.79 Å². The molecule has 0 unspecified atom stereocenters. The summed E-state index contributed by atoms with van der Waals surface area (Å²) < 4.78 is 6.69. The molecule has 0 bridgehead atoms. The van der Waals surface area contributed by atoms with E-state index in [2.05, 4.69) is 21.2 Å². The minimum Gasteiger partial charge on any atom is -0.461 e. The number of nitrogens with one attached hydrogen (secondary N) is 1. The molecule has 0 aliphatic rings. The van der Waals surface area contributed by atoms with Gasteiger partial charge in [-0.25, -0.2) is 0 Å². The molecule has 3 aromatic rings. The highest BCUT2D eigenvalue weighted by atomic mass is 79.9. The number of amides is 1. The number of hydrogen-bond acceptors (Lipinski definition) is 2. The van der Waals surface area contributed by atoms with Gasteiger partial charge in [0.15, 0.2) is 0 Å². The minimum atomic E-state index is -0.302. The molecule has 0 saturated carbocycles. The molecule has 2 aromatic carbocycles. The van der Waals surface area contributed by atoms with E-state index in [1.807, 2.05) is 24.3 Å². The summed E-state index contributed by atoms with van der Waals surface area (Å²) in [5, 5.41) is 3.67. The van der Waals surface area contributed by atoms with E-state index in [-0.39, 0.29) is 5.91 Å². The zero-order valence-electron chi connectivity index (χ0n) is 12.6. The van der Waals surface area contributed by atoms with Crippen LogP contribution in [0.3, 0.4) is 0 Å². The Kier molecular flexibility index (Phi) is 4.99. The van der Waals surface area contributed by atoms with Gasteiger partial charge in [0.2, 0.25) is 0 Å². The number of aryl methyl sites for hydroxylation is 1. The van der Waals surface area contributed by atoms with Crippen molar-refractivity contribution < 1.29 is 9.21 Å². The molecule has 3 nitrogen and oxygen atoms in total. The van der Waals surface area contributed by atoms with Crippen molar-refractivity contribution in [2.24, 2.45) is 0 Å². The molecule has 0 spiro atoms. The van der Waals surface area contributed by atoms with E-state index in [4.69, 9.17) is 27.6 Å². The molecule has 0 atom stereocenters. The van der Waals surface area contributed by atoms with Crippen molar-refractivity contribution >= 4 is 50.7 Å². The first-order chi connectivity index (χ1) is 11.4. The number of halogens is 3. The molecule has 1 heterocycles. The monoisotopic (exact) mass is 423 g/mol. The molecule has 122 valence electrons. The van der Waals surface area contributed by atoms with Gasteiger partial charge in [-0.15, -0.1) is 0 Å². The molecular formula is C18H12BrCl2NO2.